The van der Waals surface area contributed by atoms with Crippen molar-refractivity contribution in [3.63, 3.8) is 0 Å². The lowest BCUT2D eigenvalue weighted by atomic mass is 10.1. The molecule has 1 saturated heterocycles. The highest BCUT2D eigenvalue weighted by molar-refractivity contribution is 5.80. The summed E-state index contributed by atoms with van der Waals surface area (Å²) < 4.78 is 10.8. The molecule has 1 aromatic heterocycles. The Morgan fingerprint density at radius 1 is 1.24 bits per heavy atom. The Balaban J connectivity index is 1.75. The number of benzene rings is 1. The molecule has 2 aromatic rings. The van der Waals surface area contributed by atoms with E-state index in [0.29, 0.717) is 11.6 Å². The van der Waals surface area contributed by atoms with Crippen LogP contribution in [0.4, 0.5) is 0 Å². The summed E-state index contributed by atoms with van der Waals surface area (Å²) in [6, 6.07) is 8.19. The van der Waals surface area contributed by atoms with E-state index in [1.165, 1.54) is 5.56 Å². The van der Waals surface area contributed by atoms with Crippen LogP contribution in [-0.2, 0) is 17.7 Å². The minimum Gasteiger partial charge on any atom is -0.423 e. The fraction of sp³-hybridized carbons (Fsp3) is 0.550. The van der Waals surface area contributed by atoms with Crippen molar-refractivity contribution in [3.05, 3.63) is 45.8 Å². The Morgan fingerprint density at radius 2 is 2.00 bits per heavy atom. The average molecular weight is 344 g/mol. The first-order valence-corrected chi connectivity index (χ1v) is 9.13. The van der Waals surface area contributed by atoms with Crippen LogP contribution < -0.4 is 5.63 Å². The third kappa shape index (κ3) is 4.48. The van der Waals surface area contributed by atoms with Gasteiger partial charge in [0.15, 0.2) is 0 Å². The molecule has 1 aliphatic rings. The zero-order chi connectivity index (χ0) is 17.8. The number of nitrogens with zero attached hydrogens (tertiary/aromatic N) is 2. The lowest BCUT2D eigenvalue weighted by molar-refractivity contribution is 0.0137. The molecule has 1 aliphatic heterocycles. The Bertz CT molecular complexity index is 765. The Morgan fingerprint density at radius 3 is 2.72 bits per heavy atom. The van der Waals surface area contributed by atoms with Gasteiger partial charge in [-0.1, -0.05) is 13.0 Å². The molecule has 1 atom stereocenters. The van der Waals surface area contributed by atoms with Gasteiger partial charge in [-0.25, -0.2) is 4.79 Å². The summed E-state index contributed by atoms with van der Waals surface area (Å²) >= 11 is 0. The summed E-state index contributed by atoms with van der Waals surface area (Å²) in [6.07, 6.45) is 0.971. The molecule has 1 aromatic carbocycles. The van der Waals surface area contributed by atoms with Crippen LogP contribution in [0.1, 0.15) is 25.0 Å². The van der Waals surface area contributed by atoms with Gasteiger partial charge in [0.1, 0.15) is 5.58 Å². The number of hydrogen-bond acceptors (Lipinski definition) is 5. The first-order valence-electron chi connectivity index (χ1n) is 9.13. The first kappa shape index (κ1) is 18.1. The van der Waals surface area contributed by atoms with Gasteiger partial charge in [-0.3, -0.25) is 4.90 Å². The van der Waals surface area contributed by atoms with E-state index in [2.05, 4.69) is 36.8 Å². The lowest BCUT2D eigenvalue weighted by Crippen LogP contribution is -2.46. The second kappa shape index (κ2) is 8.13. The van der Waals surface area contributed by atoms with Crippen LogP contribution in [0.15, 0.2) is 33.5 Å². The number of likely N-dealkylation sites (N-methyl/N-ethyl adjacent to an activating group) is 1. The molecule has 0 spiro atoms. The van der Waals surface area contributed by atoms with Crippen molar-refractivity contribution in [1.29, 1.82) is 0 Å². The molecule has 1 fully saturated rings. The molecule has 0 amide bonds. The van der Waals surface area contributed by atoms with Crippen LogP contribution in [0, 0.1) is 0 Å². The van der Waals surface area contributed by atoms with Crippen LogP contribution in [0.2, 0.25) is 0 Å². The van der Waals surface area contributed by atoms with Gasteiger partial charge in [-0.2, -0.15) is 0 Å². The standard InChI is InChI=1S/C20H28N2O3/c1-4-16-5-6-19-18(11-16)17(12-20(23)25-19)14-21(3)13-15(2)22-7-9-24-10-8-22/h5-6,11-12,15H,4,7-10,13-14H2,1-3H3/t15-/m1/s1. The van der Waals surface area contributed by atoms with Crippen LogP contribution in [0.25, 0.3) is 11.0 Å². The quantitative estimate of drug-likeness (QED) is 0.754. The van der Waals surface area contributed by atoms with Gasteiger partial charge in [-0.15, -0.1) is 0 Å². The van der Waals surface area contributed by atoms with Crippen molar-refractivity contribution < 1.29 is 9.15 Å². The molecule has 3 rings (SSSR count). The molecule has 5 nitrogen and oxygen atoms in total. The molecule has 0 radical (unpaired) electrons. The van der Waals surface area contributed by atoms with E-state index in [-0.39, 0.29) is 5.63 Å². The van der Waals surface area contributed by atoms with Gasteiger partial charge >= 0.3 is 5.63 Å². The van der Waals surface area contributed by atoms with Crippen molar-refractivity contribution >= 4 is 11.0 Å². The van der Waals surface area contributed by atoms with E-state index < -0.39 is 0 Å². The molecule has 0 N–H and O–H groups in total. The number of morpholine rings is 1. The molecule has 2 heterocycles. The van der Waals surface area contributed by atoms with Crippen molar-refractivity contribution in [3.8, 4) is 0 Å². The van der Waals surface area contributed by atoms with Crippen molar-refractivity contribution in [2.24, 2.45) is 0 Å². The summed E-state index contributed by atoms with van der Waals surface area (Å²) in [6.45, 7) is 9.71. The number of fused-ring (bicyclic) bond motifs is 1. The lowest BCUT2D eigenvalue weighted by Gasteiger charge is -2.34. The smallest absolute Gasteiger partial charge is 0.336 e. The summed E-state index contributed by atoms with van der Waals surface area (Å²) in [5.74, 6) is 0. The van der Waals surface area contributed by atoms with Crippen molar-refractivity contribution in [2.45, 2.75) is 32.9 Å². The van der Waals surface area contributed by atoms with Gasteiger partial charge in [-0.05, 0) is 43.7 Å². The highest BCUT2D eigenvalue weighted by Crippen LogP contribution is 2.20. The zero-order valence-electron chi connectivity index (χ0n) is 15.5. The Kier molecular flexibility index (Phi) is 5.89. The van der Waals surface area contributed by atoms with E-state index in [4.69, 9.17) is 9.15 Å². The highest BCUT2D eigenvalue weighted by atomic mass is 16.5. The van der Waals surface area contributed by atoms with E-state index >= 15 is 0 Å². The van der Waals surface area contributed by atoms with Gasteiger partial charge in [0, 0.05) is 43.7 Å². The Hall–Kier alpha value is -1.69. The van der Waals surface area contributed by atoms with E-state index in [0.717, 1.165) is 56.8 Å². The fourth-order valence-corrected chi connectivity index (χ4v) is 3.57. The largest absolute Gasteiger partial charge is 0.423 e. The summed E-state index contributed by atoms with van der Waals surface area (Å²) in [5.41, 5.74) is 2.70. The number of hydrogen-bond donors (Lipinski definition) is 0. The predicted molar refractivity (Wildman–Crippen MR) is 100 cm³/mol. The maximum atomic E-state index is 11.9. The summed E-state index contributed by atoms with van der Waals surface area (Å²) in [7, 11) is 2.11. The van der Waals surface area contributed by atoms with E-state index in [9.17, 15) is 4.79 Å². The Labute approximate surface area is 149 Å². The molecule has 136 valence electrons. The summed E-state index contributed by atoms with van der Waals surface area (Å²) in [5, 5.41) is 1.05. The van der Waals surface area contributed by atoms with E-state index in [1.807, 2.05) is 12.1 Å². The zero-order valence-corrected chi connectivity index (χ0v) is 15.5. The molecule has 25 heavy (non-hydrogen) atoms. The first-order chi connectivity index (χ1) is 12.1. The monoisotopic (exact) mass is 344 g/mol. The normalized spacial score (nSPS) is 17.3. The molecule has 0 saturated carbocycles. The van der Waals surface area contributed by atoms with Gasteiger partial charge < -0.3 is 14.1 Å². The predicted octanol–water partition coefficient (Wildman–Crippen LogP) is 2.51. The molecule has 0 unspecified atom stereocenters. The maximum absolute atomic E-state index is 11.9. The SMILES string of the molecule is CCc1ccc2oc(=O)cc(CN(C)C[C@@H](C)N3CCOCC3)c2c1. The van der Waals surface area contributed by atoms with Crippen molar-refractivity contribution in [2.75, 3.05) is 39.9 Å². The van der Waals surface area contributed by atoms with Crippen LogP contribution in [0.3, 0.4) is 0 Å². The number of aryl methyl sites for hydroxylation is 1. The number of ether oxygens (including phenoxy) is 1. The van der Waals surface area contributed by atoms with Crippen molar-refractivity contribution in [1.82, 2.24) is 9.80 Å². The third-order valence-corrected chi connectivity index (χ3v) is 4.99. The topological polar surface area (TPSA) is 45.9 Å². The van der Waals surface area contributed by atoms with Gasteiger partial charge in [0.25, 0.3) is 0 Å². The van der Waals surface area contributed by atoms with Gasteiger partial charge in [0.05, 0.1) is 13.2 Å². The maximum Gasteiger partial charge on any atom is 0.336 e. The third-order valence-electron chi connectivity index (χ3n) is 4.99. The minimum atomic E-state index is -0.277. The minimum absolute atomic E-state index is 0.277. The average Bonchev–Trinajstić information content (AvgIpc) is 2.62. The molecule has 0 bridgehead atoms. The van der Waals surface area contributed by atoms with Crippen LogP contribution in [-0.4, -0.2) is 55.7 Å². The second-order valence-corrected chi connectivity index (χ2v) is 6.97. The fourth-order valence-electron chi connectivity index (χ4n) is 3.57. The highest BCUT2D eigenvalue weighted by Gasteiger charge is 2.19. The van der Waals surface area contributed by atoms with Crippen LogP contribution >= 0.6 is 0 Å². The molecular formula is C20H28N2O3. The summed E-state index contributed by atoms with van der Waals surface area (Å²) in [4.78, 5) is 16.7. The number of rotatable bonds is 6. The molecule has 5 heteroatoms. The second-order valence-electron chi connectivity index (χ2n) is 6.97. The van der Waals surface area contributed by atoms with E-state index in [1.54, 1.807) is 6.07 Å². The van der Waals surface area contributed by atoms with Gasteiger partial charge in [0.2, 0.25) is 0 Å². The molecule has 0 aliphatic carbocycles. The van der Waals surface area contributed by atoms with Crippen LogP contribution in [0.5, 0.6) is 0 Å². The molecular weight excluding hydrogens is 316 g/mol.